The van der Waals surface area contributed by atoms with E-state index in [1.54, 1.807) is 14.2 Å². The summed E-state index contributed by atoms with van der Waals surface area (Å²) in [5.74, 6) is -1.41. The van der Waals surface area contributed by atoms with Crippen LogP contribution in [-0.2, 0) is 75.8 Å². The highest BCUT2D eigenvalue weighted by Gasteiger charge is 2.65. The molecule has 0 bridgehead atoms. The van der Waals surface area contributed by atoms with Gasteiger partial charge >= 0.3 is 5.97 Å². The van der Waals surface area contributed by atoms with E-state index >= 15 is 0 Å². The van der Waals surface area contributed by atoms with Crippen LogP contribution in [0.25, 0.3) is 0 Å². The van der Waals surface area contributed by atoms with Crippen molar-refractivity contribution in [2.75, 3.05) is 20.8 Å². The number of carbonyl (C=O) groups excluding carboxylic acids is 1. The number of rotatable bonds is 13. The van der Waals surface area contributed by atoms with E-state index in [1.165, 1.54) is 11.1 Å². The summed E-state index contributed by atoms with van der Waals surface area (Å²) in [4.78, 5) is 13.9. The molecular formula is C61H94O18. The lowest BCUT2D eigenvalue weighted by atomic mass is 9.78. The van der Waals surface area contributed by atoms with Gasteiger partial charge in [-0.3, -0.25) is 4.79 Å². The second kappa shape index (κ2) is 23.3. The summed E-state index contributed by atoms with van der Waals surface area (Å²) in [7, 11) is 3.48. The molecule has 0 aromatic rings. The molecule has 0 amide bonds. The number of aliphatic hydroxyl groups is 2. The van der Waals surface area contributed by atoms with E-state index in [2.05, 4.69) is 47.8 Å². The Hall–Kier alpha value is -1.69. The lowest BCUT2D eigenvalue weighted by Gasteiger charge is -2.54. The van der Waals surface area contributed by atoms with Crippen LogP contribution in [-0.4, -0.2) is 195 Å². The first-order valence-corrected chi connectivity index (χ1v) is 30.8. The maximum absolute atomic E-state index is 13.9. The summed E-state index contributed by atoms with van der Waals surface area (Å²) in [6.07, 6.45) is 6.60. The van der Waals surface area contributed by atoms with Crippen molar-refractivity contribution in [2.24, 2.45) is 23.7 Å². The first kappa shape index (κ1) is 57.7. The Morgan fingerprint density at radius 1 is 0.582 bits per heavy atom. The second-order valence-electron chi connectivity index (χ2n) is 26.7. The minimum atomic E-state index is -0.863. The highest BCUT2D eigenvalue weighted by molar-refractivity contribution is 5.70. The summed E-state index contributed by atoms with van der Waals surface area (Å²) in [5, 5.41) is 20.5. The fraction of sp³-hybridized carbons (Fsp3) is 0.918. The van der Waals surface area contributed by atoms with Crippen LogP contribution in [0.15, 0.2) is 24.3 Å². The van der Waals surface area contributed by atoms with Gasteiger partial charge in [-0.15, -0.1) is 0 Å². The molecule has 12 saturated heterocycles. The number of hydrogen-bond acceptors (Lipinski definition) is 18. The maximum Gasteiger partial charge on any atom is 0.308 e. The van der Waals surface area contributed by atoms with Crippen LogP contribution in [0.4, 0.5) is 0 Å². The van der Waals surface area contributed by atoms with E-state index in [0.717, 1.165) is 51.4 Å². The SMILES string of the molecule is C=C1C[C@H](CC[C@@H]2C[C@@H](OC)[C@@H]([C@H]3C[C@@H](OC)[C@H]4O[C@@H](CC(=O)O[C@@H]5[C@@H](C)[C@@H]6O[C@@H]7C[C@]8(C[C@@H]9O[C@]%10(C[C@H](C)[C@@H]%11O[C@H](CO)[C@H](O)C[C@@H]%11O%10)C[C@H](C)[C@@H]9O8)OC7C[C@@H]6O[C@H]5C)CC[C@@H]4O3)O2)O[C@H]1CC[C@H]1C[C@@H](C)C(=C)[C@@H](C)O1. The maximum atomic E-state index is 13.9. The van der Waals surface area contributed by atoms with Gasteiger partial charge in [-0.05, 0) is 94.1 Å². The molecule has 446 valence electrons. The first-order valence-electron chi connectivity index (χ1n) is 30.8. The van der Waals surface area contributed by atoms with Gasteiger partial charge in [-0.1, -0.05) is 40.9 Å². The quantitative estimate of drug-likeness (QED) is 0.145. The first-order chi connectivity index (χ1) is 37.9. The molecule has 18 nitrogen and oxygen atoms in total. The largest absolute Gasteiger partial charge is 0.459 e. The smallest absolute Gasteiger partial charge is 0.308 e. The number of hydrogen-bond donors (Lipinski definition) is 2. The average Bonchev–Trinajstić information content (AvgIpc) is 4.27. The van der Waals surface area contributed by atoms with Crippen molar-refractivity contribution in [2.45, 2.75) is 309 Å². The van der Waals surface area contributed by atoms with Gasteiger partial charge in [0, 0.05) is 71.5 Å². The topological polar surface area (TPSA) is 196 Å². The van der Waals surface area contributed by atoms with E-state index in [0.29, 0.717) is 57.3 Å². The number of aliphatic hydroxyl groups excluding tert-OH is 2. The van der Waals surface area contributed by atoms with Gasteiger partial charge in [0.25, 0.3) is 0 Å². The Morgan fingerprint density at radius 2 is 1.24 bits per heavy atom. The number of fused-ring (bicyclic) bond motifs is 5. The number of methoxy groups -OCH3 is 2. The Bertz CT molecular complexity index is 2140. The lowest BCUT2D eigenvalue weighted by Crippen LogP contribution is -2.62. The van der Waals surface area contributed by atoms with Gasteiger partial charge in [-0.25, -0.2) is 0 Å². The third kappa shape index (κ3) is 11.5. The van der Waals surface area contributed by atoms with Gasteiger partial charge in [0.15, 0.2) is 11.6 Å². The normalized spacial score (nSPS) is 53.3. The molecule has 12 aliphatic heterocycles. The molecule has 0 aromatic carbocycles. The fourth-order valence-corrected chi connectivity index (χ4v) is 16.9. The molecule has 12 rings (SSSR count). The Morgan fingerprint density at radius 3 is 2.01 bits per heavy atom. The van der Waals surface area contributed by atoms with Crippen LogP contribution in [0.3, 0.4) is 0 Å². The van der Waals surface area contributed by atoms with Crippen molar-refractivity contribution in [1.82, 2.24) is 0 Å². The lowest BCUT2D eigenvalue weighted by molar-refractivity contribution is -0.371. The molecule has 18 heteroatoms. The molecule has 0 radical (unpaired) electrons. The predicted octanol–water partition coefficient (Wildman–Crippen LogP) is 6.74. The highest BCUT2D eigenvalue weighted by Crippen LogP contribution is 2.56. The van der Waals surface area contributed by atoms with Crippen LogP contribution in [0.1, 0.15) is 151 Å². The van der Waals surface area contributed by atoms with E-state index in [-0.39, 0.29) is 165 Å². The molecule has 0 aromatic heterocycles. The zero-order chi connectivity index (χ0) is 55.2. The summed E-state index contributed by atoms with van der Waals surface area (Å²) < 4.78 is 98.7. The standard InChI is InChI=1S/C61H94O18/c1-29-17-37(67-35(7)33(29)5)13-15-42-30(2)18-38(69-42)11-12-39-19-45(65-9)59(70-39)48-23-46(66-10)58-43(72-48)16-14-40(71-58)20-53(64)75-56-34(6)57-47(68-36(56)8)22-44-50(73-57)26-61(76-44)27-51-55(79-61)32(4)25-60(78-51)24-31(3)54-49(77-60)21-41(63)52(28-62)74-54/h29,31-32,34-52,54-59,62-63H,2,5,11-28H2,1,3-4,6-10H3/t29-,31+,32+,34-,35-,36+,37+,38+,39-,40-,41-,42+,43+,44?,45-,46-,47+,48-,49+,50-,51+,52-,54+,55+,56-,57+,58+,59+,60-,61+/m1/s1. The van der Waals surface area contributed by atoms with Gasteiger partial charge in [0.1, 0.15) is 24.4 Å². The molecule has 0 aliphatic carbocycles. The monoisotopic (exact) mass is 1110 g/mol. The van der Waals surface area contributed by atoms with Crippen LogP contribution in [0.5, 0.6) is 0 Å². The van der Waals surface area contributed by atoms with Gasteiger partial charge in [0.05, 0.1) is 135 Å². The highest BCUT2D eigenvalue weighted by atomic mass is 16.8. The van der Waals surface area contributed by atoms with Crippen LogP contribution < -0.4 is 0 Å². The minimum absolute atomic E-state index is 0.0315. The molecule has 0 saturated carbocycles. The van der Waals surface area contributed by atoms with Crippen molar-refractivity contribution >= 4 is 5.97 Å². The number of ether oxygens (including phenoxy) is 15. The fourth-order valence-electron chi connectivity index (χ4n) is 16.9. The molecule has 12 fully saturated rings. The average molecular weight is 1120 g/mol. The van der Waals surface area contributed by atoms with Gasteiger partial charge in [-0.2, -0.15) is 0 Å². The summed E-state index contributed by atoms with van der Waals surface area (Å²) >= 11 is 0. The van der Waals surface area contributed by atoms with Crippen LogP contribution in [0, 0.1) is 23.7 Å². The third-order valence-corrected chi connectivity index (χ3v) is 21.0. The Labute approximate surface area is 468 Å². The molecule has 1 unspecified atom stereocenters. The van der Waals surface area contributed by atoms with Crippen molar-refractivity contribution in [3.63, 3.8) is 0 Å². The predicted molar refractivity (Wildman–Crippen MR) is 284 cm³/mol. The van der Waals surface area contributed by atoms with Crippen LogP contribution in [0.2, 0.25) is 0 Å². The molecule has 2 N–H and O–H groups in total. The van der Waals surface area contributed by atoms with Crippen molar-refractivity contribution in [3.05, 3.63) is 24.3 Å². The molecule has 2 spiro atoms. The van der Waals surface area contributed by atoms with E-state index in [1.807, 2.05) is 6.92 Å². The zero-order valence-electron chi connectivity index (χ0n) is 48.2. The van der Waals surface area contributed by atoms with E-state index in [4.69, 9.17) is 71.1 Å². The molecule has 79 heavy (non-hydrogen) atoms. The Balaban J connectivity index is 0.593. The van der Waals surface area contributed by atoms with E-state index in [9.17, 15) is 15.0 Å². The van der Waals surface area contributed by atoms with Crippen molar-refractivity contribution in [3.8, 4) is 0 Å². The second-order valence-corrected chi connectivity index (χ2v) is 26.7. The minimum Gasteiger partial charge on any atom is -0.459 e. The molecule has 30 atom stereocenters. The van der Waals surface area contributed by atoms with E-state index < -0.39 is 29.9 Å². The number of esters is 1. The number of carbonyl (C=O) groups is 1. The molecule has 12 heterocycles. The molecule has 12 aliphatic rings. The summed E-state index contributed by atoms with van der Waals surface area (Å²) in [5.41, 5.74) is 2.37. The third-order valence-electron chi connectivity index (χ3n) is 21.0. The van der Waals surface area contributed by atoms with Crippen molar-refractivity contribution < 1.29 is 86.1 Å². The summed E-state index contributed by atoms with van der Waals surface area (Å²) in [6, 6.07) is 0. The van der Waals surface area contributed by atoms with Gasteiger partial charge < -0.3 is 81.3 Å². The molecular weight excluding hydrogens is 1020 g/mol. The van der Waals surface area contributed by atoms with Gasteiger partial charge in [0.2, 0.25) is 0 Å². The van der Waals surface area contributed by atoms with Crippen molar-refractivity contribution in [1.29, 1.82) is 0 Å². The zero-order valence-corrected chi connectivity index (χ0v) is 48.2. The Kier molecular flexibility index (Phi) is 17.0. The van der Waals surface area contributed by atoms with Crippen LogP contribution >= 0.6 is 0 Å². The summed E-state index contributed by atoms with van der Waals surface area (Å²) in [6.45, 7) is 21.2.